The number of ketones is 1. The van der Waals surface area contributed by atoms with Crippen molar-refractivity contribution >= 4 is 11.9 Å². The van der Waals surface area contributed by atoms with Gasteiger partial charge in [-0.05, 0) is 60.5 Å². The summed E-state index contributed by atoms with van der Waals surface area (Å²) < 4.78 is 27.8. The SMILES string of the molecule is COc1ccc(COc2ccc3c(c2C)O/C(=C\c2ccc4c(c2)OCO4)C3=O)cc1. The number of ether oxygens (including phenoxy) is 5. The van der Waals surface area contributed by atoms with Crippen LogP contribution >= 0.6 is 0 Å². The Labute approximate surface area is 179 Å². The first-order chi connectivity index (χ1) is 15.1. The molecule has 2 heterocycles. The standard InChI is InChI=1S/C25H20O6/c1-15-20(28-13-16-3-6-18(27-2)7-4-16)10-8-19-24(26)23(31-25(15)19)12-17-5-9-21-22(11-17)30-14-29-21/h3-12H,13-14H2,1-2H3/b23-12-. The van der Waals surface area contributed by atoms with Crippen LogP contribution in [0.2, 0.25) is 0 Å². The van der Waals surface area contributed by atoms with Crippen molar-refractivity contribution in [2.24, 2.45) is 0 Å². The Kier molecular flexibility index (Phi) is 4.75. The van der Waals surface area contributed by atoms with E-state index in [2.05, 4.69) is 0 Å². The summed E-state index contributed by atoms with van der Waals surface area (Å²) in [6, 6.07) is 16.7. The van der Waals surface area contributed by atoms with Gasteiger partial charge in [0, 0.05) is 5.56 Å². The monoisotopic (exact) mass is 416 g/mol. The predicted molar refractivity (Wildman–Crippen MR) is 114 cm³/mol. The zero-order valence-electron chi connectivity index (χ0n) is 17.1. The lowest BCUT2D eigenvalue weighted by Gasteiger charge is -2.12. The number of Topliss-reactive ketones (excluding diaryl/α,β-unsaturated/α-hetero) is 1. The third-order valence-electron chi connectivity index (χ3n) is 5.28. The first-order valence-corrected chi connectivity index (χ1v) is 9.85. The Morgan fingerprint density at radius 3 is 2.61 bits per heavy atom. The van der Waals surface area contributed by atoms with Crippen LogP contribution in [0, 0.1) is 6.92 Å². The number of allylic oxidation sites excluding steroid dienone is 1. The molecule has 0 bridgehead atoms. The first-order valence-electron chi connectivity index (χ1n) is 9.85. The van der Waals surface area contributed by atoms with E-state index in [-0.39, 0.29) is 18.3 Å². The van der Waals surface area contributed by atoms with Gasteiger partial charge in [-0.15, -0.1) is 0 Å². The molecule has 0 saturated heterocycles. The summed E-state index contributed by atoms with van der Waals surface area (Å²) in [5.74, 6) is 3.46. The van der Waals surface area contributed by atoms with Crippen LogP contribution in [0.5, 0.6) is 28.7 Å². The molecule has 0 saturated carbocycles. The molecule has 0 amide bonds. The number of fused-ring (bicyclic) bond motifs is 2. The lowest BCUT2D eigenvalue weighted by Crippen LogP contribution is -1.98. The molecule has 0 aliphatic carbocycles. The van der Waals surface area contributed by atoms with Crippen molar-refractivity contribution in [3.63, 3.8) is 0 Å². The van der Waals surface area contributed by atoms with Gasteiger partial charge in [-0.2, -0.15) is 0 Å². The molecule has 0 radical (unpaired) electrons. The van der Waals surface area contributed by atoms with Gasteiger partial charge in [-0.3, -0.25) is 4.79 Å². The van der Waals surface area contributed by atoms with Gasteiger partial charge < -0.3 is 23.7 Å². The van der Waals surface area contributed by atoms with Gasteiger partial charge in [0.15, 0.2) is 17.3 Å². The Morgan fingerprint density at radius 2 is 1.81 bits per heavy atom. The molecule has 0 atom stereocenters. The molecule has 5 rings (SSSR count). The minimum absolute atomic E-state index is 0.155. The first kappa shape index (κ1) is 19.1. The molecule has 31 heavy (non-hydrogen) atoms. The predicted octanol–water partition coefficient (Wildman–Crippen LogP) is 4.93. The van der Waals surface area contributed by atoms with Crippen LogP contribution in [0.1, 0.15) is 27.0 Å². The number of carbonyl (C=O) groups excluding carboxylic acids is 1. The minimum atomic E-state index is -0.155. The molecule has 3 aromatic carbocycles. The van der Waals surface area contributed by atoms with Gasteiger partial charge in [0.25, 0.3) is 0 Å². The highest BCUT2D eigenvalue weighted by Gasteiger charge is 2.30. The van der Waals surface area contributed by atoms with Crippen LogP contribution in [-0.2, 0) is 6.61 Å². The average molecular weight is 416 g/mol. The fourth-order valence-corrected chi connectivity index (χ4v) is 3.56. The number of hydrogen-bond acceptors (Lipinski definition) is 6. The van der Waals surface area contributed by atoms with Crippen LogP contribution in [0.15, 0.2) is 60.4 Å². The van der Waals surface area contributed by atoms with E-state index >= 15 is 0 Å². The van der Waals surface area contributed by atoms with E-state index in [0.29, 0.717) is 35.2 Å². The normalized spacial score (nSPS) is 15.0. The second-order valence-electron chi connectivity index (χ2n) is 7.25. The van der Waals surface area contributed by atoms with Gasteiger partial charge in [-0.1, -0.05) is 18.2 Å². The third kappa shape index (κ3) is 3.57. The topological polar surface area (TPSA) is 63.2 Å². The van der Waals surface area contributed by atoms with Crippen LogP contribution in [-0.4, -0.2) is 19.7 Å². The molecule has 6 nitrogen and oxygen atoms in total. The minimum Gasteiger partial charge on any atom is -0.497 e. The van der Waals surface area contributed by atoms with Crippen molar-refractivity contribution in [2.45, 2.75) is 13.5 Å². The highest BCUT2D eigenvalue weighted by molar-refractivity contribution is 6.15. The Hall–Kier alpha value is -3.93. The summed E-state index contributed by atoms with van der Waals surface area (Å²) in [6.07, 6.45) is 1.71. The van der Waals surface area contributed by atoms with Crippen molar-refractivity contribution in [3.05, 3.63) is 82.6 Å². The Morgan fingerprint density at radius 1 is 1.00 bits per heavy atom. The molecular formula is C25H20O6. The van der Waals surface area contributed by atoms with E-state index in [4.69, 9.17) is 23.7 Å². The van der Waals surface area contributed by atoms with E-state index in [9.17, 15) is 4.79 Å². The van der Waals surface area contributed by atoms with E-state index in [1.807, 2.05) is 55.5 Å². The maximum Gasteiger partial charge on any atom is 0.231 e. The van der Waals surface area contributed by atoms with Crippen molar-refractivity contribution in [2.75, 3.05) is 13.9 Å². The lowest BCUT2D eigenvalue weighted by molar-refractivity contribution is 0.101. The Balaban J connectivity index is 1.35. The van der Waals surface area contributed by atoms with Crippen LogP contribution < -0.4 is 23.7 Å². The number of benzene rings is 3. The quantitative estimate of drug-likeness (QED) is 0.550. The molecule has 6 heteroatoms. The van der Waals surface area contributed by atoms with Gasteiger partial charge in [-0.25, -0.2) is 0 Å². The molecule has 2 aliphatic rings. The smallest absolute Gasteiger partial charge is 0.231 e. The van der Waals surface area contributed by atoms with E-state index in [1.165, 1.54) is 0 Å². The zero-order valence-corrected chi connectivity index (χ0v) is 17.1. The molecule has 2 aliphatic heterocycles. The van der Waals surface area contributed by atoms with Crippen LogP contribution in [0.4, 0.5) is 0 Å². The highest BCUT2D eigenvalue weighted by Crippen LogP contribution is 2.40. The zero-order chi connectivity index (χ0) is 21.4. The van der Waals surface area contributed by atoms with Crippen LogP contribution in [0.3, 0.4) is 0 Å². The van der Waals surface area contributed by atoms with Gasteiger partial charge >= 0.3 is 0 Å². The number of carbonyl (C=O) groups is 1. The molecule has 0 fully saturated rings. The molecule has 0 unspecified atom stereocenters. The fraction of sp³-hybridized carbons (Fsp3) is 0.160. The molecule has 3 aromatic rings. The summed E-state index contributed by atoms with van der Waals surface area (Å²) in [6.45, 7) is 2.49. The molecular weight excluding hydrogens is 396 g/mol. The van der Waals surface area contributed by atoms with Crippen LogP contribution in [0.25, 0.3) is 6.08 Å². The number of hydrogen-bond donors (Lipinski definition) is 0. The van der Waals surface area contributed by atoms with E-state index in [0.717, 1.165) is 22.4 Å². The van der Waals surface area contributed by atoms with Crippen molar-refractivity contribution < 1.29 is 28.5 Å². The second-order valence-corrected chi connectivity index (χ2v) is 7.25. The van der Waals surface area contributed by atoms with Gasteiger partial charge in [0.05, 0.1) is 12.7 Å². The lowest BCUT2D eigenvalue weighted by atomic mass is 10.1. The Bertz CT molecular complexity index is 1190. The molecule has 0 N–H and O–H groups in total. The van der Waals surface area contributed by atoms with E-state index < -0.39 is 0 Å². The number of methoxy groups -OCH3 is 1. The number of rotatable bonds is 5. The van der Waals surface area contributed by atoms with Crippen molar-refractivity contribution in [1.82, 2.24) is 0 Å². The highest BCUT2D eigenvalue weighted by atomic mass is 16.7. The third-order valence-corrected chi connectivity index (χ3v) is 5.28. The summed E-state index contributed by atoms with van der Waals surface area (Å²) in [4.78, 5) is 12.8. The second kappa shape index (κ2) is 7.72. The molecule has 0 aromatic heterocycles. The van der Waals surface area contributed by atoms with Crippen molar-refractivity contribution in [3.8, 4) is 28.7 Å². The maximum absolute atomic E-state index is 12.8. The average Bonchev–Trinajstić information content (AvgIpc) is 3.38. The van der Waals surface area contributed by atoms with Crippen molar-refractivity contribution in [1.29, 1.82) is 0 Å². The summed E-state index contributed by atoms with van der Waals surface area (Å²) in [5.41, 5.74) is 3.13. The fourth-order valence-electron chi connectivity index (χ4n) is 3.56. The van der Waals surface area contributed by atoms with E-state index in [1.54, 1.807) is 19.3 Å². The molecule has 156 valence electrons. The largest absolute Gasteiger partial charge is 0.497 e. The summed E-state index contributed by atoms with van der Waals surface area (Å²) in [5, 5.41) is 0. The molecule has 0 spiro atoms. The van der Waals surface area contributed by atoms with Gasteiger partial charge in [0.1, 0.15) is 23.9 Å². The maximum atomic E-state index is 12.8. The summed E-state index contributed by atoms with van der Waals surface area (Å²) in [7, 11) is 1.63. The van der Waals surface area contributed by atoms with Gasteiger partial charge in [0.2, 0.25) is 12.6 Å². The summed E-state index contributed by atoms with van der Waals surface area (Å²) >= 11 is 0.